The number of hydrogen-bond donors (Lipinski definition) is 1. The van der Waals surface area contributed by atoms with Gasteiger partial charge in [0.05, 0.1) is 9.82 Å². The molecule has 8 heteroatoms. The normalized spacial score (nSPS) is 11.2. The fraction of sp³-hybridized carbons (Fsp3) is 0.143. The molecule has 116 valence electrons. The van der Waals surface area contributed by atoms with Crippen molar-refractivity contribution >= 4 is 33.0 Å². The second-order valence-electron chi connectivity index (χ2n) is 4.78. The molecule has 0 radical (unpaired) electrons. The van der Waals surface area contributed by atoms with Crippen LogP contribution in [0.2, 0.25) is 5.02 Å². The van der Waals surface area contributed by atoms with E-state index >= 15 is 0 Å². The van der Waals surface area contributed by atoms with Crippen LogP contribution in [-0.4, -0.2) is 13.3 Å². The molecule has 0 bridgehead atoms. The Morgan fingerprint density at radius 2 is 1.68 bits per heavy atom. The van der Waals surface area contributed by atoms with Crippen molar-refractivity contribution in [1.29, 1.82) is 0 Å². The van der Waals surface area contributed by atoms with E-state index in [2.05, 4.69) is 4.72 Å². The van der Waals surface area contributed by atoms with Gasteiger partial charge >= 0.3 is 0 Å². The fourth-order valence-corrected chi connectivity index (χ4v) is 3.49. The third kappa shape index (κ3) is 3.37. The van der Waals surface area contributed by atoms with E-state index in [4.69, 9.17) is 11.6 Å². The highest BCUT2D eigenvalue weighted by molar-refractivity contribution is 7.92. The Bertz CT molecular complexity index is 833. The molecule has 2 aromatic rings. The number of benzene rings is 2. The molecule has 0 saturated carbocycles. The summed E-state index contributed by atoms with van der Waals surface area (Å²) in [6, 6.07) is 8.23. The molecule has 0 spiro atoms. The molecule has 0 atom stereocenters. The maximum atomic E-state index is 12.4. The summed E-state index contributed by atoms with van der Waals surface area (Å²) >= 11 is 5.96. The quantitative estimate of drug-likeness (QED) is 0.679. The number of nitrogens with zero attached hydrogens (tertiary/aromatic N) is 1. The smallest absolute Gasteiger partial charge is 0.269 e. The molecule has 0 aliphatic rings. The van der Waals surface area contributed by atoms with Crippen LogP contribution in [-0.2, 0) is 10.0 Å². The van der Waals surface area contributed by atoms with Crippen molar-refractivity contribution < 1.29 is 13.3 Å². The van der Waals surface area contributed by atoms with Crippen molar-refractivity contribution in [3.63, 3.8) is 0 Å². The summed E-state index contributed by atoms with van der Waals surface area (Å²) in [4.78, 5) is 10.2. The first kappa shape index (κ1) is 16.3. The summed E-state index contributed by atoms with van der Waals surface area (Å²) in [5, 5.41) is 11.1. The highest BCUT2D eigenvalue weighted by Crippen LogP contribution is 2.26. The summed E-state index contributed by atoms with van der Waals surface area (Å²) < 4.78 is 27.2. The third-order valence-electron chi connectivity index (χ3n) is 3.08. The average molecular weight is 341 g/mol. The molecule has 6 nitrogen and oxygen atoms in total. The van der Waals surface area contributed by atoms with Crippen LogP contribution in [0.1, 0.15) is 11.1 Å². The van der Waals surface area contributed by atoms with Crippen LogP contribution in [0.25, 0.3) is 0 Å². The van der Waals surface area contributed by atoms with Gasteiger partial charge in [-0.1, -0.05) is 11.6 Å². The number of nitro benzene ring substituents is 1. The predicted molar refractivity (Wildman–Crippen MR) is 84.8 cm³/mol. The molecular formula is C14H13ClN2O4S. The Hall–Kier alpha value is -2.12. The zero-order chi connectivity index (χ0) is 16.5. The van der Waals surface area contributed by atoms with Gasteiger partial charge in [-0.05, 0) is 49.2 Å². The zero-order valence-corrected chi connectivity index (χ0v) is 13.4. The number of aryl methyl sites for hydroxylation is 2. The lowest BCUT2D eigenvalue weighted by Crippen LogP contribution is -2.14. The molecule has 0 heterocycles. The lowest BCUT2D eigenvalue weighted by molar-refractivity contribution is -0.384. The minimum Gasteiger partial charge on any atom is -0.280 e. The molecule has 0 unspecified atom stereocenters. The van der Waals surface area contributed by atoms with Crippen LogP contribution in [0.3, 0.4) is 0 Å². The fourth-order valence-electron chi connectivity index (χ4n) is 1.91. The number of anilines is 1. The van der Waals surface area contributed by atoms with Crippen LogP contribution in [0.15, 0.2) is 41.3 Å². The number of rotatable bonds is 4. The third-order valence-corrected chi connectivity index (χ3v) is 5.01. The van der Waals surface area contributed by atoms with Crippen LogP contribution < -0.4 is 4.72 Å². The topological polar surface area (TPSA) is 89.3 Å². The van der Waals surface area contributed by atoms with Crippen LogP contribution in [0.5, 0.6) is 0 Å². The molecule has 0 saturated heterocycles. The molecular weight excluding hydrogens is 328 g/mol. The molecule has 0 aromatic heterocycles. The molecule has 1 N–H and O–H groups in total. The Balaban J connectivity index is 2.35. The lowest BCUT2D eigenvalue weighted by atomic mass is 10.2. The van der Waals surface area contributed by atoms with Gasteiger partial charge in [0.25, 0.3) is 15.7 Å². The summed E-state index contributed by atoms with van der Waals surface area (Å²) in [5.74, 6) is 0. The largest absolute Gasteiger partial charge is 0.280 e. The summed E-state index contributed by atoms with van der Waals surface area (Å²) in [7, 11) is -3.79. The van der Waals surface area contributed by atoms with E-state index in [0.717, 1.165) is 0 Å². The van der Waals surface area contributed by atoms with Crippen molar-refractivity contribution in [1.82, 2.24) is 0 Å². The van der Waals surface area contributed by atoms with E-state index < -0.39 is 14.9 Å². The molecule has 2 aromatic carbocycles. The average Bonchev–Trinajstić information content (AvgIpc) is 2.42. The summed E-state index contributed by atoms with van der Waals surface area (Å²) in [6.45, 7) is 3.36. The monoisotopic (exact) mass is 340 g/mol. The van der Waals surface area contributed by atoms with Crippen LogP contribution >= 0.6 is 11.6 Å². The number of non-ortho nitro benzene ring substituents is 1. The molecule has 2 rings (SSSR count). The van der Waals surface area contributed by atoms with Gasteiger partial charge in [-0.15, -0.1) is 0 Å². The van der Waals surface area contributed by atoms with Crippen molar-refractivity contribution in [2.45, 2.75) is 18.7 Å². The highest BCUT2D eigenvalue weighted by atomic mass is 35.5. The van der Waals surface area contributed by atoms with E-state index in [1.54, 1.807) is 19.9 Å². The number of hydrogen-bond acceptors (Lipinski definition) is 4. The van der Waals surface area contributed by atoms with Crippen molar-refractivity contribution in [2.75, 3.05) is 4.72 Å². The second-order valence-corrected chi connectivity index (χ2v) is 6.83. The van der Waals surface area contributed by atoms with Crippen LogP contribution in [0.4, 0.5) is 11.4 Å². The SMILES string of the molecule is Cc1cc(S(=O)(=O)Nc2ccc([N+](=O)[O-])cc2)c(C)cc1Cl. The lowest BCUT2D eigenvalue weighted by Gasteiger charge is -2.12. The maximum absolute atomic E-state index is 12.4. The van der Waals surface area contributed by atoms with E-state index in [1.807, 2.05) is 0 Å². The van der Waals surface area contributed by atoms with E-state index in [0.29, 0.717) is 16.1 Å². The Labute approximate surface area is 132 Å². The first-order chi connectivity index (χ1) is 10.2. The van der Waals surface area contributed by atoms with Gasteiger partial charge in [0, 0.05) is 22.8 Å². The van der Waals surface area contributed by atoms with Gasteiger partial charge in [-0.25, -0.2) is 8.42 Å². The first-order valence-electron chi connectivity index (χ1n) is 6.25. The Morgan fingerprint density at radius 1 is 1.09 bits per heavy atom. The van der Waals surface area contributed by atoms with Gasteiger partial charge in [-0.3, -0.25) is 14.8 Å². The van der Waals surface area contributed by atoms with Crippen molar-refractivity contribution in [3.8, 4) is 0 Å². The summed E-state index contributed by atoms with van der Waals surface area (Å²) in [5.41, 5.74) is 1.31. The van der Waals surface area contributed by atoms with Gasteiger partial charge in [0.1, 0.15) is 0 Å². The number of nitro groups is 1. The van der Waals surface area contributed by atoms with Gasteiger partial charge in [0.15, 0.2) is 0 Å². The molecule has 0 amide bonds. The van der Waals surface area contributed by atoms with Crippen LogP contribution in [0, 0.1) is 24.0 Å². The molecule has 0 aliphatic carbocycles. The predicted octanol–water partition coefficient (Wildman–Crippen LogP) is 3.67. The van der Waals surface area contributed by atoms with Gasteiger partial charge < -0.3 is 0 Å². The van der Waals surface area contributed by atoms with Crippen molar-refractivity contribution in [3.05, 3.63) is 62.7 Å². The number of sulfonamides is 1. The highest BCUT2D eigenvalue weighted by Gasteiger charge is 2.18. The molecule has 0 fully saturated rings. The number of halogens is 1. The zero-order valence-electron chi connectivity index (χ0n) is 11.8. The van der Waals surface area contributed by atoms with Gasteiger partial charge in [0.2, 0.25) is 0 Å². The van der Waals surface area contributed by atoms with E-state index in [-0.39, 0.29) is 16.3 Å². The van der Waals surface area contributed by atoms with Crippen molar-refractivity contribution in [2.24, 2.45) is 0 Å². The summed E-state index contributed by atoms with van der Waals surface area (Å²) in [6.07, 6.45) is 0. The standard InChI is InChI=1S/C14H13ClN2O4S/c1-9-8-14(10(2)7-13(9)15)22(20,21)16-11-3-5-12(6-4-11)17(18)19/h3-8,16H,1-2H3. The molecule has 0 aliphatic heterocycles. The van der Waals surface area contributed by atoms with E-state index in [9.17, 15) is 18.5 Å². The van der Waals surface area contributed by atoms with E-state index in [1.165, 1.54) is 30.3 Å². The Kier molecular flexibility index (Phi) is 4.39. The first-order valence-corrected chi connectivity index (χ1v) is 8.11. The molecule has 22 heavy (non-hydrogen) atoms. The number of nitrogens with one attached hydrogen (secondary N) is 1. The minimum absolute atomic E-state index is 0.110. The maximum Gasteiger partial charge on any atom is 0.269 e. The van der Waals surface area contributed by atoms with Gasteiger partial charge in [-0.2, -0.15) is 0 Å². The second kappa shape index (κ2) is 5.94. The minimum atomic E-state index is -3.79. The Morgan fingerprint density at radius 3 is 2.23 bits per heavy atom.